The highest BCUT2D eigenvalue weighted by Gasteiger charge is 2.71. The number of nitrogens with one attached hydrogen (secondary N) is 2. The van der Waals surface area contributed by atoms with Gasteiger partial charge in [0.25, 0.3) is 0 Å². The zero-order valence-corrected chi connectivity index (χ0v) is 18.3. The molecule has 0 aliphatic carbocycles. The highest BCUT2D eigenvalue weighted by atomic mass is 35.5. The molecular weight excluding hydrogens is 450 g/mol. The summed E-state index contributed by atoms with van der Waals surface area (Å²) >= 11 is 6.31. The maximum absolute atomic E-state index is 13.7. The molecule has 170 valence electrons. The van der Waals surface area contributed by atoms with Crippen molar-refractivity contribution in [3.63, 3.8) is 0 Å². The predicted octanol–water partition coefficient (Wildman–Crippen LogP) is 1.37. The number of benzene rings is 2. The number of carbonyl (C=O) groups is 3. The Kier molecular flexibility index (Phi) is 4.30. The molecule has 5 atom stereocenters. The first kappa shape index (κ1) is 20.5. The summed E-state index contributed by atoms with van der Waals surface area (Å²) < 4.78 is 10.7. The molecule has 9 nitrogen and oxygen atoms in total. The van der Waals surface area contributed by atoms with Crippen LogP contribution in [0.4, 0.5) is 5.69 Å². The number of anilines is 1. The number of imide groups is 1. The number of para-hydroxylation sites is 1. The van der Waals surface area contributed by atoms with Gasteiger partial charge in [0.05, 0.1) is 35.2 Å². The van der Waals surface area contributed by atoms with Gasteiger partial charge >= 0.3 is 0 Å². The molecule has 4 aliphatic rings. The van der Waals surface area contributed by atoms with Gasteiger partial charge in [-0.2, -0.15) is 0 Å². The van der Waals surface area contributed by atoms with Crippen molar-refractivity contribution in [2.45, 2.75) is 31.2 Å². The Morgan fingerprint density at radius 3 is 2.76 bits per heavy atom. The Morgan fingerprint density at radius 1 is 1.18 bits per heavy atom. The van der Waals surface area contributed by atoms with Gasteiger partial charge < -0.3 is 19.9 Å². The number of rotatable bonds is 3. The molecule has 4 aliphatic heterocycles. The van der Waals surface area contributed by atoms with E-state index in [1.807, 2.05) is 0 Å². The van der Waals surface area contributed by atoms with Crippen molar-refractivity contribution in [2.24, 2.45) is 11.8 Å². The molecule has 3 N–H and O–H groups in total. The standard InChI is InChI=1S/C23H20ClN3O6/c1-10(28)18-16-17(23(26-18)12-3-2-4-13(24)19(12)25-22(23)31)21(30)27(20(16)29)8-11-5-6-14-15(7-11)33-9-32-14/h2-7,10,16-18,26,28H,8-9H2,1H3,(H,25,31)/t10-,16+,17+,18-,23+/m1/s1. The van der Waals surface area contributed by atoms with Gasteiger partial charge in [0.1, 0.15) is 5.54 Å². The molecule has 2 saturated heterocycles. The minimum Gasteiger partial charge on any atom is -0.454 e. The SMILES string of the molecule is C[C@@H](O)[C@H]1N[C@]2(C(=O)Nc3c(Cl)cccc32)[C@@H]2C(=O)N(Cc3ccc4c(c3)OCO4)C(=O)[C@H]12. The van der Waals surface area contributed by atoms with Gasteiger partial charge in [-0.1, -0.05) is 29.8 Å². The summed E-state index contributed by atoms with van der Waals surface area (Å²) in [7, 11) is 0. The normalized spacial score (nSPS) is 30.1. The van der Waals surface area contributed by atoms with E-state index in [1.54, 1.807) is 36.4 Å². The fourth-order valence-electron chi connectivity index (χ4n) is 5.58. The van der Waals surface area contributed by atoms with Crippen LogP contribution < -0.4 is 20.1 Å². The van der Waals surface area contributed by atoms with Crippen LogP contribution in [0, 0.1) is 11.8 Å². The topological polar surface area (TPSA) is 117 Å². The first-order chi connectivity index (χ1) is 15.8. The molecule has 0 radical (unpaired) electrons. The summed E-state index contributed by atoms with van der Waals surface area (Å²) in [6, 6.07) is 9.49. The van der Waals surface area contributed by atoms with Gasteiger partial charge in [0.15, 0.2) is 11.5 Å². The molecule has 33 heavy (non-hydrogen) atoms. The Morgan fingerprint density at radius 2 is 1.97 bits per heavy atom. The number of hydrogen-bond acceptors (Lipinski definition) is 7. The number of nitrogens with zero attached hydrogens (tertiary/aromatic N) is 1. The first-order valence-corrected chi connectivity index (χ1v) is 11.0. The summed E-state index contributed by atoms with van der Waals surface area (Å²) in [5.41, 5.74) is 0.111. The van der Waals surface area contributed by atoms with Gasteiger partial charge in [0.2, 0.25) is 24.5 Å². The smallest absolute Gasteiger partial charge is 0.250 e. The van der Waals surface area contributed by atoms with Crippen molar-refractivity contribution in [3.05, 3.63) is 52.5 Å². The second-order valence-corrected chi connectivity index (χ2v) is 9.20. The van der Waals surface area contributed by atoms with Crippen LogP contribution in [0.2, 0.25) is 5.02 Å². The third kappa shape index (κ3) is 2.64. The Hall–Kier alpha value is -3.14. The molecular formula is C23H20ClN3O6. The minimum absolute atomic E-state index is 0.0218. The van der Waals surface area contributed by atoms with Crippen molar-refractivity contribution >= 4 is 35.0 Å². The van der Waals surface area contributed by atoms with Crippen molar-refractivity contribution in [1.29, 1.82) is 0 Å². The highest BCUT2D eigenvalue weighted by molar-refractivity contribution is 6.35. The molecule has 2 fully saturated rings. The van der Waals surface area contributed by atoms with Crippen molar-refractivity contribution in [3.8, 4) is 11.5 Å². The maximum atomic E-state index is 13.7. The molecule has 10 heteroatoms. The fraction of sp³-hybridized carbons (Fsp3) is 0.348. The van der Waals surface area contributed by atoms with Crippen LogP contribution in [-0.2, 0) is 26.5 Å². The number of likely N-dealkylation sites (tertiary alicyclic amines) is 1. The molecule has 0 aromatic heterocycles. The van der Waals surface area contributed by atoms with E-state index in [1.165, 1.54) is 11.8 Å². The lowest BCUT2D eigenvalue weighted by molar-refractivity contribution is -0.143. The Balaban J connectivity index is 1.43. The first-order valence-electron chi connectivity index (χ1n) is 10.6. The lowest BCUT2D eigenvalue weighted by atomic mass is 9.76. The van der Waals surface area contributed by atoms with E-state index in [9.17, 15) is 19.5 Å². The zero-order valence-electron chi connectivity index (χ0n) is 17.5. The number of fused-ring (bicyclic) bond motifs is 5. The van der Waals surface area contributed by atoms with E-state index in [0.717, 1.165) is 0 Å². The fourth-order valence-corrected chi connectivity index (χ4v) is 5.80. The molecule has 3 amide bonds. The van der Waals surface area contributed by atoms with E-state index in [2.05, 4.69) is 10.6 Å². The summed E-state index contributed by atoms with van der Waals surface area (Å²) in [4.78, 5) is 41.7. The van der Waals surface area contributed by atoms with Crippen LogP contribution in [0.1, 0.15) is 18.1 Å². The number of hydrogen-bond donors (Lipinski definition) is 3. The van der Waals surface area contributed by atoms with Crippen molar-refractivity contribution in [2.75, 3.05) is 12.1 Å². The number of aliphatic hydroxyl groups excluding tert-OH is 1. The highest BCUT2D eigenvalue weighted by Crippen LogP contribution is 2.54. The number of carbonyl (C=O) groups excluding carboxylic acids is 3. The summed E-state index contributed by atoms with van der Waals surface area (Å²) in [6.45, 7) is 1.68. The molecule has 0 unspecified atom stereocenters. The average molecular weight is 470 g/mol. The van der Waals surface area contributed by atoms with Gasteiger partial charge in [-0.25, -0.2) is 0 Å². The van der Waals surface area contributed by atoms with Crippen molar-refractivity contribution < 1.29 is 29.0 Å². The second-order valence-electron chi connectivity index (χ2n) is 8.79. The molecule has 4 heterocycles. The van der Waals surface area contributed by atoms with Crippen LogP contribution in [0.3, 0.4) is 0 Å². The van der Waals surface area contributed by atoms with Gasteiger partial charge in [-0.15, -0.1) is 0 Å². The third-order valence-electron chi connectivity index (χ3n) is 7.02. The minimum atomic E-state index is -1.50. The van der Waals surface area contributed by atoms with Crippen molar-refractivity contribution in [1.82, 2.24) is 10.2 Å². The van der Waals surface area contributed by atoms with Gasteiger partial charge in [-0.05, 0) is 30.7 Å². The van der Waals surface area contributed by atoms with Gasteiger partial charge in [-0.3, -0.25) is 24.6 Å². The molecule has 0 saturated carbocycles. The number of halogens is 1. The largest absolute Gasteiger partial charge is 0.454 e. The number of ether oxygens (including phenoxy) is 2. The monoisotopic (exact) mass is 469 g/mol. The van der Waals surface area contributed by atoms with Crippen LogP contribution in [-0.4, -0.2) is 46.7 Å². The van der Waals surface area contributed by atoms with Crippen LogP contribution in [0.15, 0.2) is 36.4 Å². The van der Waals surface area contributed by atoms with Crippen LogP contribution in [0.25, 0.3) is 0 Å². The summed E-state index contributed by atoms with van der Waals surface area (Å²) in [5, 5.41) is 16.7. The van der Waals surface area contributed by atoms with E-state index in [4.69, 9.17) is 21.1 Å². The third-order valence-corrected chi connectivity index (χ3v) is 7.34. The molecule has 2 aromatic rings. The van der Waals surface area contributed by atoms with Gasteiger partial charge in [0, 0.05) is 11.6 Å². The van der Waals surface area contributed by atoms with Crippen LogP contribution >= 0.6 is 11.6 Å². The lowest BCUT2D eigenvalue weighted by Gasteiger charge is -2.30. The summed E-state index contributed by atoms with van der Waals surface area (Å²) in [5.74, 6) is -2.13. The van der Waals surface area contributed by atoms with Crippen LogP contribution in [0.5, 0.6) is 11.5 Å². The van der Waals surface area contributed by atoms with E-state index in [0.29, 0.717) is 33.3 Å². The quantitative estimate of drug-likeness (QED) is 0.581. The zero-order chi connectivity index (χ0) is 23.1. The number of amides is 3. The molecule has 2 aromatic carbocycles. The number of aliphatic hydroxyl groups is 1. The maximum Gasteiger partial charge on any atom is 0.250 e. The molecule has 0 bridgehead atoms. The van der Waals surface area contributed by atoms with E-state index < -0.39 is 47.2 Å². The Labute approximate surface area is 193 Å². The average Bonchev–Trinajstić information content (AvgIpc) is 3.51. The molecule has 6 rings (SSSR count). The van der Waals surface area contributed by atoms with E-state index in [-0.39, 0.29) is 13.3 Å². The second kappa shape index (κ2) is 6.93. The van der Waals surface area contributed by atoms with E-state index >= 15 is 0 Å². The Bertz CT molecular complexity index is 1230. The predicted molar refractivity (Wildman–Crippen MR) is 115 cm³/mol. The molecule has 1 spiro atoms. The lowest BCUT2D eigenvalue weighted by Crippen LogP contribution is -2.54. The summed E-state index contributed by atoms with van der Waals surface area (Å²) in [6.07, 6.45) is -0.977.